The Bertz CT molecular complexity index is 628. The van der Waals surface area contributed by atoms with Crippen LogP contribution in [0, 0.1) is 5.92 Å². The molecular formula is C19H24N2. The Morgan fingerprint density at radius 1 is 1.00 bits per heavy atom. The van der Waals surface area contributed by atoms with Crippen LogP contribution in [0.25, 0.3) is 10.8 Å². The van der Waals surface area contributed by atoms with Crippen LogP contribution in [0.2, 0.25) is 0 Å². The standard InChI is InChI=1S/C19H24N2/c20-12-19(21(18-9-10-18)13-14-5-6-14)17-8-7-15-3-1-2-4-16(15)11-17/h1-4,7-8,11,14,18-19H,5-6,9-10,12-13,20H2. The molecule has 0 saturated heterocycles. The Balaban J connectivity index is 1.65. The lowest BCUT2D eigenvalue weighted by Gasteiger charge is -2.31. The molecule has 2 heteroatoms. The minimum atomic E-state index is 0.391. The Morgan fingerprint density at radius 3 is 2.43 bits per heavy atom. The van der Waals surface area contributed by atoms with Gasteiger partial charge in [-0.2, -0.15) is 0 Å². The van der Waals surface area contributed by atoms with E-state index >= 15 is 0 Å². The van der Waals surface area contributed by atoms with Crippen molar-refractivity contribution in [2.45, 2.75) is 37.8 Å². The van der Waals surface area contributed by atoms with E-state index in [0.29, 0.717) is 6.04 Å². The molecule has 2 nitrogen and oxygen atoms in total. The van der Waals surface area contributed by atoms with Crippen molar-refractivity contribution in [1.29, 1.82) is 0 Å². The van der Waals surface area contributed by atoms with E-state index in [1.54, 1.807) is 0 Å². The van der Waals surface area contributed by atoms with Gasteiger partial charge in [0.1, 0.15) is 0 Å². The van der Waals surface area contributed by atoms with Crippen molar-refractivity contribution >= 4 is 10.8 Å². The number of rotatable bonds is 6. The third-order valence-corrected chi connectivity index (χ3v) is 4.96. The van der Waals surface area contributed by atoms with E-state index in [9.17, 15) is 0 Å². The van der Waals surface area contributed by atoms with Gasteiger partial charge in [-0.05, 0) is 54.0 Å². The van der Waals surface area contributed by atoms with Crippen LogP contribution in [-0.4, -0.2) is 24.0 Å². The van der Waals surface area contributed by atoms with E-state index in [-0.39, 0.29) is 0 Å². The maximum Gasteiger partial charge on any atom is 0.0473 e. The van der Waals surface area contributed by atoms with E-state index in [4.69, 9.17) is 5.73 Å². The minimum absolute atomic E-state index is 0.391. The van der Waals surface area contributed by atoms with Crippen molar-refractivity contribution < 1.29 is 0 Å². The van der Waals surface area contributed by atoms with Gasteiger partial charge in [0.15, 0.2) is 0 Å². The molecule has 0 bridgehead atoms. The van der Waals surface area contributed by atoms with Crippen LogP contribution >= 0.6 is 0 Å². The van der Waals surface area contributed by atoms with Crippen LogP contribution in [-0.2, 0) is 0 Å². The zero-order chi connectivity index (χ0) is 14.2. The molecule has 2 fully saturated rings. The highest BCUT2D eigenvalue weighted by Gasteiger charge is 2.37. The lowest BCUT2D eigenvalue weighted by molar-refractivity contribution is 0.183. The summed E-state index contributed by atoms with van der Waals surface area (Å²) >= 11 is 0. The van der Waals surface area contributed by atoms with Crippen molar-refractivity contribution in [3.05, 3.63) is 48.0 Å². The first-order chi connectivity index (χ1) is 10.3. The first-order valence-electron chi connectivity index (χ1n) is 8.29. The summed E-state index contributed by atoms with van der Waals surface area (Å²) in [6, 6.07) is 16.6. The first kappa shape index (κ1) is 13.3. The zero-order valence-electron chi connectivity index (χ0n) is 12.5. The topological polar surface area (TPSA) is 29.3 Å². The molecule has 0 spiro atoms. The molecular weight excluding hydrogens is 256 g/mol. The molecule has 1 unspecified atom stereocenters. The summed E-state index contributed by atoms with van der Waals surface area (Å²) in [4.78, 5) is 2.70. The van der Waals surface area contributed by atoms with Gasteiger partial charge in [-0.25, -0.2) is 0 Å². The third-order valence-electron chi connectivity index (χ3n) is 4.96. The summed E-state index contributed by atoms with van der Waals surface area (Å²) in [7, 11) is 0. The number of benzene rings is 2. The summed E-state index contributed by atoms with van der Waals surface area (Å²) in [5.74, 6) is 0.931. The largest absolute Gasteiger partial charge is 0.329 e. The Labute approximate surface area is 126 Å². The van der Waals surface area contributed by atoms with E-state index < -0.39 is 0 Å². The summed E-state index contributed by atoms with van der Waals surface area (Å²) in [5, 5.41) is 2.65. The maximum atomic E-state index is 6.17. The van der Waals surface area contributed by atoms with E-state index in [1.165, 1.54) is 48.6 Å². The molecule has 4 rings (SSSR count). The normalized spacial score (nSPS) is 20.1. The molecule has 0 aliphatic heterocycles. The van der Waals surface area contributed by atoms with E-state index in [0.717, 1.165) is 18.5 Å². The molecule has 2 saturated carbocycles. The lowest BCUT2D eigenvalue weighted by atomic mass is 10.00. The number of nitrogens with two attached hydrogens (primary N) is 1. The molecule has 0 aromatic heterocycles. The Morgan fingerprint density at radius 2 is 1.76 bits per heavy atom. The number of nitrogens with zero attached hydrogens (tertiary/aromatic N) is 1. The monoisotopic (exact) mass is 280 g/mol. The SMILES string of the molecule is NCC(c1ccc2ccccc2c1)N(CC1CC1)C1CC1. The highest BCUT2D eigenvalue weighted by molar-refractivity contribution is 5.83. The summed E-state index contributed by atoms with van der Waals surface area (Å²) < 4.78 is 0. The van der Waals surface area contributed by atoms with Crippen molar-refractivity contribution in [2.24, 2.45) is 11.7 Å². The molecule has 2 aromatic carbocycles. The smallest absolute Gasteiger partial charge is 0.0473 e. The van der Waals surface area contributed by atoms with Crippen molar-refractivity contribution in [2.75, 3.05) is 13.1 Å². The quantitative estimate of drug-likeness (QED) is 0.874. The van der Waals surface area contributed by atoms with Crippen LogP contribution in [0.1, 0.15) is 37.3 Å². The summed E-state index contributed by atoms with van der Waals surface area (Å²) in [6.07, 6.45) is 5.55. The van der Waals surface area contributed by atoms with Gasteiger partial charge in [-0.3, -0.25) is 4.90 Å². The average molecular weight is 280 g/mol. The Kier molecular flexibility index (Phi) is 3.44. The fraction of sp³-hybridized carbons (Fsp3) is 0.474. The van der Waals surface area contributed by atoms with Crippen molar-refractivity contribution in [3.63, 3.8) is 0 Å². The summed E-state index contributed by atoms with van der Waals surface area (Å²) in [6.45, 7) is 1.97. The van der Waals surface area contributed by atoms with E-state index in [2.05, 4.69) is 47.4 Å². The second-order valence-corrected chi connectivity index (χ2v) is 6.73. The van der Waals surface area contributed by atoms with Gasteiger partial charge in [-0.15, -0.1) is 0 Å². The first-order valence-corrected chi connectivity index (χ1v) is 8.29. The second kappa shape index (κ2) is 5.43. The fourth-order valence-electron chi connectivity index (χ4n) is 3.41. The minimum Gasteiger partial charge on any atom is -0.329 e. The third kappa shape index (κ3) is 2.83. The molecule has 2 aliphatic carbocycles. The highest BCUT2D eigenvalue weighted by Crippen LogP contribution is 2.39. The van der Waals surface area contributed by atoms with Crippen LogP contribution in [0.5, 0.6) is 0 Å². The van der Waals surface area contributed by atoms with Gasteiger partial charge in [0.25, 0.3) is 0 Å². The number of hydrogen-bond donors (Lipinski definition) is 1. The van der Waals surface area contributed by atoms with Crippen LogP contribution < -0.4 is 5.73 Å². The molecule has 2 aliphatic rings. The van der Waals surface area contributed by atoms with Crippen molar-refractivity contribution in [1.82, 2.24) is 4.90 Å². The van der Waals surface area contributed by atoms with Crippen LogP contribution in [0.4, 0.5) is 0 Å². The van der Waals surface area contributed by atoms with Crippen LogP contribution in [0.3, 0.4) is 0 Å². The molecule has 2 N–H and O–H groups in total. The van der Waals surface area contributed by atoms with Gasteiger partial charge >= 0.3 is 0 Å². The van der Waals surface area contributed by atoms with Crippen molar-refractivity contribution in [3.8, 4) is 0 Å². The van der Waals surface area contributed by atoms with Gasteiger partial charge < -0.3 is 5.73 Å². The molecule has 0 heterocycles. The average Bonchev–Trinajstić information content (AvgIpc) is 3.39. The van der Waals surface area contributed by atoms with Gasteiger partial charge in [0.2, 0.25) is 0 Å². The fourth-order valence-corrected chi connectivity index (χ4v) is 3.41. The second-order valence-electron chi connectivity index (χ2n) is 6.73. The molecule has 21 heavy (non-hydrogen) atoms. The van der Waals surface area contributed by atoms with Gasteiger partial charge in [0.05, 0.1) is 0 Å². The number of fused-ring (bicyclic) bond motifs is 1. The lowest BCUT2D eigenvalue weighted by Crippen LogP contribution is -2.37. The van der Waals surface area contributed by atoms with Gasteiger partial charge in [-0.1, -0.05) is 36.4 Å². The predicted molar refractivity (Wildman–Crippen MR) is 88.2 cm³/mol. The predicted octanol–water partition coefficient (Wildman–Crippen LogP) is 3.71. The molecule has 2 aromatic rings. The molecule has 0 amide bonds. The Hall–Kier alpha value is -1.38. The molecule has 0 radical (unpaired) electrons. The molecule has 110 valence electrons. The summed E-state index contributed by atoms with van der Waals surface area (Å²) in [5.41, 5.74) is 7.56. The van der Waals surface area contributed by atoms with E-state index in [1.807, 2.05) is 0 Å². The van der Waals surface area contributed by atoms with Gasteiger partial charge in [0, 0.05) is 25.2 Å². The number of hydrogen-bond acceptors (Lipinski definition) is 2. The maximum absolute atomic E-state index is 6.17. The zero-order valence-corrected chi connectivity index (χ0v) is 12.5. The highest BCUT2D eigenvalue weighted by atomic mass is 15.2. The van der Waals surface area contributed by atoms with Crippen LogP contribution in [0.15, 0.2) is 42.5 Å². The molecule has 1 atom stereocenters.